The summed E-state index contributed by atoms with van der Waals surface area (Å²) in [6, 6.07) is 1.53. The first-order valence-electron chi connectivity index (χ1n) is 6.01. The summed E-state index contributed by atoms with van der Waals surface area (Å²) in [6.07, 6.45) is 0. The predicted octanol–water partition coefficient (Wildman–Crippen LogP) is 5.00. The Morgan fingerprint density at radius 2 is 2.05 bits per heavy atom. The highest BCUT2D eigenvalue weighted by molar-refractivity contribution is 9.10. The molecule has 2 nitrogen and oxygen atoms in total. The highest BCUT2D eigenvalue weighted by Gasteiger charge is 2.29. The number of hydrogen-bond donors (Lipinski definition) is 1. The van der Waals surface area contributed by atoms with Crippen molar-refractivity contribution in [2.24, 2.45) is 0 Å². The van der Waals surface area contributed by atoms with Gasteiger partial charge in [0.1, 0.15) is 5.76 Å². The summed E-state index contributed by atoms with van der Waals surface area (Å²) in [7, 11) is 1.83. The Hall–Kier alpha value is -0.580. The smallest absolute Gasteiger partial charge is 0.153 e. The van der Waals surface area contributed by atoms with Gasteiger partial charge in [-0.1, -0.05) is 32.4 Å². The fraction of sp³-hybridized carbons (Fsp3) is 0.429. The van der Waals surface area contributed by atoms with Gasteiger partial charge in [0.05, 0.1) is 21.4 Å². The van der Waals surface area contributed by atoms with E-state index in [-0.39, 0.29) is 10.4 Å². The zero-order valence-corrected chi connectivity index (χ0v) is 13.7. The molecule has 0 atom stereocenters. The minimum absolute atomic E-state index is 0.0988. The predicted molar refractivity (Wildman–Crippen MR) is 80.3 cm³/mol. The van der Waals surface area contributed by atoms with Crippen molar-refractivity contribution in [3.8, 4) is 0 Å². The van der Waals surface area contributed by atoms with E-state index in [2.05, 4.69) is 21.2 Å². The Kier molecular flexibility index (Phi) is 3.96. The van der Waals surface area contributed by atoms with E-state index >= 15 is 0 Å². The van der Waals surface area contributed by atoms with Crippen LogP contribution in [0.15, 0.2) is 15.0 Å². The summed E-state index contributed by atoms with van der Waals surface area (Å²) in [5.41, 5.74) is 1.14. The highest BCUT2D eigenvalue weighted by atomic mass is 79.9. The van der Waals surface area contributed by atoms with Crippen LogP contribution in [0.4, 0.5) is 4.39 Å². The molecule has 1 aromatic carbocycles. The minimum atomic E-state index is -0.420. The average molecular weight is 349 g/mol. The molecule has 2 rings (SSSR count). The first kappa shape index (κ1) is 14.8. The van der Waals surface area contributed by atoms with E-state index in [9.17, 15) is 4.39 Å². The molecule has 1 aromatic heterocycles. The standard InChI is InChI=1S/C14H16BrClFNO/c1-14(2,3)11-9(6-18-4)19-13-7(15)5-8(16)12(17)10(11)13/h5,18H,6H2,1-4H3. The van der Waals surface area contributed by atoms with Crippen molar-refractivity contribution < 1.29 is 8.81 Å². The molecule has 0 radical (unpaired) electrons. The molecule has 19 heavy (non-hydrogen) atoms. The van der Waals surface area contributed by atoms with Crippen LogP contribution < -0.4 is 5.32 Å². The summed E-state index contributed by atoms with van der Waals surface area (Å²) < 4.78 is 20.9. The molecular formula is C14H16BrClFNO. The van der Waals surface area contributed by atoms with Gasteiger partial charge in [-0.3, -0.25) is 0 Å². The third kappa shape index (κ3) is 2.54. The van der Waals surface area contributed by atoms with Crippen LogP contribution in [-0.2, 0) is 12.0 Å². The van der Waals surface area contributed by atoms with Crippen LogP contribution in [0, 0.1) is 5.82 Å². The van der Waals surface area contributed by atoms with E-state index < -0.39 is 5.82 Å². The summed E-state index contributed by atoms with van der Waals surface area (Å²) in [6.45, 7) is 6.64. The third-order valence-corrected chi connectivity index (χ3v) is 3.83. The van der Waals surface area contributed by atoms with Crippen LogP contribution in [0.3, 0.4) is 0 Å². The number of hydrogen-bond acceptors (Lipinski definition) is 2. The molecule has 0 amide bonds. The van der Waals surface area contributed by atoms with Crippen LogP contribution in [0.1, 0.15) is 32.1 Å². The second-order valence-electron chi connectivity index (χ2n) is 5.54. The van der Waals surface area contributed by atoms with Crippen LogP contribution in [0.2, 0.25) is 5.02 Å². The van der Waals surface area contributed by atoms with Gasteiger partial charge in [0.2, 0.25) is 0 Å². The Balaban J connectivity index is 2.91. The Labute approximate surface area is 125 Å². The number of halogens is 3. The molecule has 5 heteroatoms. The summed E-state index contributed by atoms with van der Waals surface area (Å²) in [5, 5.41) is 3.61. The molecule has 104 valence electrons. The normalized spacial score (nSPS) is 12.4. The molecule has 2 aromatic rings. The first-order chi connectivity index (χ1) is 8.77. The second-order valence-corrected chi connectivity index (χ2v) is 6.80. The van der Waals surface area contributed by atoms with E-state index in [1.54, 1.807) is 0 Å². The van der Waals surface area contributed by atoms with E-state index in [0.29, 0.717) is 22.0 Å². The number of benzene rings is 1. The number of furan rings is 1. The van der Waals surface area contributed by atoms with Gasteiger partial charge in [0, 0.05) is 5.56 Å². The van der Waals surface area contributed by atoms with Gasteiger partial charge in [-0.25, -0.2) is 4.39 Å². The van der Waals surface area contributed by atoms with Crippen molar-refractivity contribution in [3.05, 3.63) is 32.7 Å². The van der Waals surface area contributed by atoms with Gasteiger partial charge in [-0.2, -0.15) is 0 Å². The van der Waals surface area contributed by atoms with Gasteiger partial charge in [0.15, 0.2) is 11.4 Å². The van der Waals surface area contributed by atoms with E-state index in [0.717, 1.165) is 11.3 Å². The van der Waals surface area contributed by atoms with Crippen molar-refractivity contribution in [2.45, 2.75) is 32.7 Å². The molecule has 0 spiro atoms. The average Bonchev–Trinajstić information content (AvgIpc) is 2.66. The van der Waals surface area contributed by atoms with E-state index in [4.69, 9.17) is 16.0 Å². The molecule has 0 aliphatic heterocycles. The van der Waals surface area contributed by atoms with Crippen molar-refractivity contribution in [1.29, 1.82) is 0 Å². The Bertz CT molecular complexity index is 631. The molecule has 0 saturated heterocycles. The molecule has 1 N–H and O–H groups in total. The molecule has 0 aliphatic rings. The van der Waals surface area contributed by atoms with Gasteiger partial charge in [0.25, 0.3) is 0 Å². The van der Waals surface area contributed by atoms with Crippen LogP contribution in [-0.4, -0.2) is 7.05 Å². The van der Waals surface area contributed by atoms with E-state index in [1.165, 1.54) is 6.07 Å². The number of rotatable bonds is 2. The molecule has 1 heterocycles. The van der Waals surface area contributed by atoms with Gasteiger partial charge in [-0.05, 0) is 34.5 Å². The van der Waals surface area contributed by atoms with Crippen LogP contribution in [0.25, 0.3) is 11.0 Å². The fourth-order valence-corrected chi connectivity index (χ4v) is 3.14. The SMILES string of the molecule is CNCc1oc2c(Br)cc(Cl)c(F)c2c1C(C)(C)C. The molecule has 0 unspecified atom stereocenters. The number of nitrogens with one attached hydrogen (secondary N) is 1. The summed E-state index contributed by atoms with van der Waals surface area (Å²) in [5.74, 6) is 0.322. The fourth-order valence-electron chi connectivity index (χ4n) is 2.29. The second kappa shape index (κ2) is 5.08. The maximum absolute atomic E-state index is 14.4. The monoisotopic (exact) mass is 347 g/mol. The highest BCUT2D eigenvalue weighted by Crippen LogP contribution is 2.41. The maximum atomic E-state index is 14.4. The molecule has 0 aliphatic carbocycles. The zero-order valence-electron chi connectivity index (χ0n) is 11.3. The molecular weight excluding hydrogens is 333 g/mol. The summed E-state index contributed by atoms with van der Waals surface area (Å²) >= 11 is 9.32. The number of fused-ring (bicyclic) bond motifs is 1. The zero-order chi connectivity index (χ0) is 14.4. The van der Waals surface area contributed by atoms with Crippen molar-refractivity contribution in [2.75, 3.05) is 7.05 Å². The van der Waals surface area contributed by atoms with Crippen LogP contribution >= 0.6 is 27.5 Å². The van der Waals surface area contributed by atoms with Crippen molar-refractivity contribution in [1.82, 2.24) is 5.32 Å². The third-order valence-electron chi connectivity index (χ3n) is 2.97. The topological polar surface area (TPSA) is 25.2 Å². The van der Waals surface area contributed by atoms with Crippen LogP contribution in [0.5, 0.6) is 0 Å². The lowest BCUT2D eigenvalue weighted by Gasteiger charge is -2.19. The van der Waals surface area contributed by atoms with Crippen molar-refractivity contribution in [3.63, 3.8) is 0 Å². The Morgan fingerprint density at radius 3 is 2.58 bits per heavy atom. The first-order valence-corrected chi connectivity index (χ1v) is 7.18. The molecule has 0 saturated carbocycles. The molecule has 0 bridgehead atoms. The van der Waals surface area contributed by atoms with Gasteiger partial charge in [-0.15, -0.1) is 0 Å². The lowest BCUT2D eigenvalue weighted by atomic mass is 9.84. The maximum Gasteiger partial charge on any atom is 0.153 e. The summed E-state index contributed by atoms with van der Waals surface area (Å²) in [4.78, 5) is 0. The van der Waals surface area contributed by atoms with Gasteiger partial charge < -0.3 is 9.73 Å². The largest absolute Gasteiger partial charge is 0.458 e. The quantitative estimate of drug-likeness (QED) is 0.772. The van der Waals surface area contributed by atoms with Gasteiger partial charge >= 0.3 is 0 Å². The molecule has 0 fully saturated rings. The lowest BCUT2D eigenvalue weighted by Crippen LogP contribution is -2.16. The minimum Gasteiger partial charge on any atom is -0.458 e. The van der Waals surface area contributed by atoms with Crippen molar-refractivity contribution >= 4 is 38.5 Å². The van der Waals surface area contributed by atoms with E-state index in [1.807, 2.05) is 27.8 Å². The lowest BCUT2D eigenvalue weighted by molar-refractivity contribution is 0.494. The Morgan fingerprint density at radius 1 is 1.42 bits per heavy atom.